The van der Waals surface area contributed by atoms with Gasteiger partial charge in [-0.15, -0.1) is 0 Å². The Bertz CT molecular complexity index is 88.3. The van der Waals surface area contributed by atoms with Crippen LogP contribution in [0.15, 0.2) is 0 Å². The van der Waals surface area contributed by atoms with Crippen molar-refractivity contribution in [1.82, 2.24) is 0 Å². The van der Waals surface area contributed by atoms with Crippen molar-refractivity contribution in [2.45, 2.75) is 33.9 Å². The third kappa shape index (κ3) is 17.6. The molecule has 0 aromatic rings. The van der Waals surface area contributed by atoms with E-state index in [1.54, 1.807) is 0 Å². The van der Waals surface area contributed by atoms with Gasteiger partial charge in [-0.2, -0.15) is 13.2 Å². The van der Waals surface area contributed by atoms with Gasteiger partial charge >= 0.3 is 12.1 Å². The van der Waals surface area contributed by atoms with Crippen LogP contribution in [0.5, 0.6) is 0 Å². The summed E-state index contributed by atoms with van der Waals surface area (Å²) in [5, 5.41) is 7.12. The molecule has 0 fully saturated rings. The number of rotatable bonds is 0. The topological polar surface area (TPSA) is 37.3 Å². The molecular weight excluding hydrogens is 161 g/mol. The zero-order valence-electron chi connectivity index (χ0n) is 6.99. The molecule has 0 spiro atoms. The lowest BCUT2D eigenvalue weighted by molar-refractivity contribution is -0.192. The maximum atomic E-state index is 10.6. The van der Waals surface area contributed by atoms with E-state index in [2.05, 4.69) is 0 Å². The molecule has 0 aromatic carbocycles. The van der Waals surface area contributed by atoms with E-state index in [-0.39, 0.29) is 0 Å². The number of halogens is 3. The molecule has 0 rings (SSSR count). The summed E-state index contributed by atoms with van der Waals surface area (Å²) in [5.74, 6) is -2.76. The molecule has 0 bridgehead atoms. The molecule has 0 aliphatic carbocycles. The van der Waals surface area contributed by atoms with E-state index >= 15 is 0 Å². The molecule has 0 atom stereocenters. The SMILES string of the molecule is CC.CC.O=C(O)C(F)(F)F. The number of hydrogen-bond donors (Lipinski definition) is 1. The molecule has 0 heterocycles. The summed E-state index contributed by atoms with van der Waals surface area (Å²) in [4.78, 5) is 8.90. The van der Waals surface area contributed by atoms with Crippen molar-refractivity contribution in [1.29, 1.82) is 0 Å². The van der Waals surface area contributed by atoms with Crippen LogP contribution in [0.3, 0.4) is 0 Å². The van der Waals surface area contributed by atoms with Gasteiger partial charge in [-0.1, -0.05) is 27.7 Å². The van der Waals surface area contributed by atoms with E-state index in [9.17, 15) is 13.2 Å². The summed E-state index contributed by atoms with van der Waals surface area (Å²) in [7, 11) is 0. The van der Waals surface area contributed by atoms with Gasteiger partial charge in [-0.25, -0.2) is 4.79 Å². The van der Waals surface area contributed by atoms with Gasteiger partial charge in [0.1, 0.15) is 0 Å². The lowest BCUT2D eigenvalue weighted by Gasteiger charge is -1.93. The Labute approximate surface area is 64.0 Å². The van der Waals surface area contributed by atoms with E-state index in [4.69, 9.17) is 9.90 Å². The average Bonchev–Trinajstić information content (AvgIpc) is 1.95. The smallest absolute Gasteiger partial charge is 0.475 e. The van der Waals surface area contributed by atoms with Crippen LogP contribution in [-0.4, -0.2) is 17.3 Å². The highest BCUT2D eigenvalue weighted by atomic mass is 19.4. The Hall–Kier alpha value is -0.740. The number of carboxylic acid groups (broad SMARTS) is 1. The molecular formula is C6H13F3O2. The van der Waals surface area contributed by atoms with Crippen molar-refractivity contribution in [3.8, 4) is 0 Å². The van der Waals surface area contributed by atoms with Crippen LogP contribution in [0, 0.1) is 0 Å². The van der Waals surface area contributed by atoms with Crippen molar-refractivity contribution in [3.63, 3.8) is 0 Å². The first-order chi connectivity index (χ1) is 4.94. The highest BCUT2D eigenvalue weighted by molar-refractivity contribution is 5.73. The second kappa shape index (κ2) is 9.26. The summed E-state index contributed by atoms with van der Waals surface area (Å²) in [5.41, 5.74) is 0. The number of alkyl halides is 3. The first-order valence-electron chi connectivity index (χ1n) is 3.24. The fourth-order valence-corrected chi connectivity index (χ4v) is 0. The van der Waals surface area contributed by atoms with Gasteiger partial charge in [0.2, 0.25) is 0 Å². The Kier molecular flexibility index (Phi) is 14.1. The van der Waals surface area contributed by atoms with Crippen LogP contribution in [0.4, 0.5) is 13.2 Å². The van der Waals surface area contributed by atoms with Gasteiger partial charge in [-0.05, 0) is 0 Å². The highest BCUT2D eigenvalue weighted by Crippen LogP contribution is 2.13. The molecule has 0 aliphatic heterocycles. The maximum absolute atomic E-state index is 10.6. The molecule has 0 amide bonds. The highest BCUT2D eigenvalue weighted by Gasteiger charge is 2.38. The summed E-state index contributed by atoms with van der Waals surface area (Å²) in [6.45, 7) is 8.00. The summed E-state index contributed by atoms with van der Waals surface area (Å²) in [6, 6.07) is 0. The molecule has 0 aliphatic rings. The second-order valence-corrected chi connectivity index (χ2v) is 0.803. The lowest BCUT2D eigenvalue weighted by atomic mass is 10.7. The largest absolute Gasteiger partial charge is 0.490 e. The van der Waals surface area contributed by atoms with Gasteiger partial charge in [0.05, 0.1) is 0 Å². The Balaban J connectivity index is -0.000000138. The molecule has 2 nitrogen and oxygen atoms in total. The van der Waals surface area contributed by atoms with Crippen molar-refractivity contribution in [2.75, 3.05) is 0 Å². The third-order valence-electron chi connectivity index (χ3n) is 0.243. The molecule has 5 heteroatoms. The van der Waals surface area contributed by atoms with Crippen molar-refractivity contribution in [3.05, 3.63) is 0 Å². The van der Waals surface area contributed by atoms with Gasteiger partial charge in [-0.3, -0.25) is 0 Å². The van der Waals surface area contributed by atoms with E-state index in [0.717, 1.165) is 0 Å². The van der Waals surface area contributed by atoms with Crippen molar-refractivity contribution >= 4 is 5.97 Å². The molecule has 0 saturated heterocycles. The minimum absolute atomic E-state index is 2.00. The van der Waals surface area contributed by atoms with Gasteiger partial charge in [0, 0.05) is 0 Å². The van der Waals surface area contributed by atoms with Crippen LogP contribution in [-0.2, 0) is 4.79 Å². The van der Waals surface area contributed by atoms with Crippen LogP contribution >= 0.6 is 0 Å². The predicted octanol–water partition coefficient (Wildman–Crippen LogP) is 2.69. The quantitative estimate of drug-likeness (QED) is 0.613. The first-order valence-corrected chi connectivity index (χ1v) is 3.24. The fourth-order valence-electron chi connectivity index (χ4n) is 0. The zero-order valence-corrected chi connectivity index (χ0v) is 6.99. The fraction of sp³-hybridized carbons (Fsp3) is 0.833. The van der Waals surface area contributed by atoms with Gasteiger partial charge in [0.25, 0.3) is 0 Å². The lowest BCUT2D eigenvalue weighted by Crippen LogP contribution is -2.21. The van der Waals surface area contributed by atoms with E-state index in [0.29, 0.717) is 0 Å². The Morgan fingerprint density at radius 3 is 1.18 bits per heavy atom. The summed E-state index contributed by atoms with van der Waals surface area (Å²) < 4.78 is 31.7. The zero-order chi connectivity index (χ0) is 10.1. The van der Waals surface area contributed by atoms with Crippen LogP contribution in [0.1, 0.15) is 27.7 Å². The third-order valence-corrected chi connectivity index (χ3v) is 0.243. The maximum Gasteiger partial charge on any atom is 0.490 e. The minimum atomic E-state index is -5.08. The molecule has 0 radical (unpaired) electrons. The van der Waals surface area contributed by atoms with Gasteiger partial charge < -0.3 is 5.11 Å². The first kappa shape index (κ1) is 16.7. The number of hydrogen-bond acceptors (Lipinski definition) is 1. The van der Waals surface area contributed by atoms with Crippen molar-refractivity contribution in [2.24, 2.45) is 0 Å². The molecule has 11 heavy (non-hydrogen) atoms. The summed E-state index contributed by atoms with van der Waals surface area (Å²) >= 11 is 0. The van der Waals surface area contributed by atoms with E-state index < -0.39 is 12.1 Å². The van der Waals surface area contributed by atoms with Crippen LogP contribution < -0.4 is 0 Å². The molecule has 1 N–H and O–H groups in total. The minimum Gasteiger partial charge on any atom is -0.475 e. The molecule has 0 saturated carbocycles. The van der Waals surface area contributed by atoms with Crippen LogP contribution in [0.25, 0.3) is 0 Å². The molecule has 0 aromatic heterocycles. The molecule has 70 valence electrons. The molecule has 0 unspecified atom stereocenters. The monoisotopic (exact) mass is 174 g/mol. The average molecular weight is 174 g/mol. The predicted molar refractivity (Wildman–Crippen MR) is 36.4 cm³/mol. The van der Waals surface area contributed by atoms with E-state index in [1.165, 1.54) is 0 Å². The summed E-state index contributed by atoms with van der Waals surface area (Å²) in [6.07, 6.45) is -5.08. The standard InChI is InChI=1S/C2HF3O2.2C2H6/c3-2(4,5)1(6)7;2*1-2/h(H,6,7);2*1-2H3. The Morgan fingerprint density at radius 2 is 1.18 bits per heavy atom. The second-order valence-electron chi connectivity index (χ2n) is 0.803. The van der Waals surface area contributed by atoms with Gasteiger partial charge in [0.15, 0.2) is 0 Å². The number of carbonyl (C=O) groups is 1. The Morgan fingerprint density at radius 1 is 1.09 bits per heavy atom. The van der Waals surface area contributed by atoms with Crippen LogP contribution in [0.2, 0.25) is 0 Å². The normalized spacial score (nSPS) is 8.27. The number of aliphatic carboxylic acids is 1. The van der Waals surface area contributed by atoms with E-state index in [1.807, 2.05) is 27.7 Å². The van der Waals surface area contributed by atoms with Crippen molar-refractivity contribution < 1.29 is 23.1 Å². The number of carboxylic acids is 1.